The minimum atomic E-state index is 0.194. The molecule has 0 radical (unpaired) electrons. The summed E-state index contributed by atoms with van der Waals surface area (Å²) in [6.07, 6.45) is 4.92. The van der Waals surface area contributed by atoms with Crippen LogP contribution in [0.15, 0.2) is 29.8 Å². The van der Waals surface area contributed by atoms with E-state index < -0.39 is 0 Å². The molecule has 6 heteroatoms. The fourth-order valence-electron chi connectivity index (χ4n) is 3.19. The van der Waals surface area contributed by atoms with E-state index in [1.54, 1.807) is 11.3 Å². The van der Waals surface area contributed by atoms with Crippen LogP contribution in [0.4, 0.5) is 0 Å². The van der Waals surface area contributed by atoms with Gasteiger partial charge < -0.3 is 9.64 Å². The zero-order valence-electron chi connectivity index (χ0n) is 13.8. The molecule has 1 fully saturated rings. The zero-order valence-corrected chi connectivity index (χ0v) is 14.6. The molecule has 1 atom stereocenters. The van der Waals surface area contributed by atoms with Crippen molar-refractivity contribution in [1.82, 2.24) is 14.7 Å². The van der Waals surface area contributed by atoms with E-state index in [9.17, 15) is 4.79 Å². The number of nitrogens with zero attached hydrogens (tertiary/aromatic N) is 3. The standard InChI is InChI=1S/C18H23N3O2S/c22-18(8-17-2-1-7-24-17)20-9-15(13-23-12-14-3-4-14)10-21-16(11-20)5-6-19-21/h1-2,5-7,14-15H,3-4,8-13H2. The highest BCUT2D eigenvalue weighted by Crippen LogP contribution is 2.29. The monoisotopic (exact) mass is 345 g/mol. The molecule has 1 unspecified atom stereocenters. The number of amides is 1. The predicted molar refractivity (Wildman–Crippen MR) is 92.7 cm³/mol. The van der Waals surface area contributed by atoms with Crippen LogP contribution in [0.3, 0.4) is 0 Å². The largest absolute Gasteiger partial charge is 0.381 e. The molecule has 3 heterocycles. The number of fused-ring (bicyclic) bond motifs is 1. The van der Waals surface area contributed by atoms with Gasteiger partial charge in [-0.05, 0) is 36.3 Å². The van der Waals surface area contributed by atoms with Crippen LogP contribution in [0.5, 0.6) is 0 Å². The normalized spacial score (nSPS) is 20.7. The zero-order chi connectivity index (χ0) is 16.4. The fraction of sp³-hybridized carbons (Fsp3) is 0.556. The lowest BCUT2D eigenvalue weighted by Crippen LogP contribution is -2.36. The second-order valence-electron chi connectivity index (χ2n) is 6.88. The van der Waals surface area contributed by atoms with Crippen molar-refractivity contribution in [2.45, 2.75) is 32.4 Å². The third-order valence-corrected chi connectivity index (χ3v) is 5.61. The van der Waals surface area contributed by atoms with Crippen LogP contribution in [-0.2, 0) is 29.0 Å². The Bertz CT molecular complexity index is 678. The lowest BCUT2D eigenvalue weighted by Gasteiger charge is -2.24. The highest BCUT2D eigenvalue weighted by molar-refractivity contribution is 7.10. The quantitative estimate of drug-likeness (QED) is 0.808. The average molecular weight is 345 g/mol. The summed E-state index contributed by atoms with van der Waals surface area (Å²) in [6.45, 7) is 3.79. The summed E-state index contributed by atoms with van der Waals surface area (Å²) in [5, 5.41) is 6.44. The number of aromatic nitrogens is 2. The van der Waals surface area contributed by atoms with Gasteiger partial charge in [0.15, 0.2) is 0 Å². The fourth-order valence-corrected chi connectivity index (χ4v) is 3.88. The Kier molecular flexibility index (Phi) is 4.67. The molecule has 2 aliphatic rings. The summed E-state index contributed by atoms with van der Waals surface area (Å²) < 4.78 is 7.93. The molecule has 2 aromatic rings. The van der Waals surface area contributed by atoms with Gasteiger partial charge in [-0.25, -0.2) is 0 Å². The van der Waals surface area contributed by atoms with Crippen LogP contribution in [0, 0.1) is 11.8 Å². The first-order valence-corrected chi connectivity index (χ1v) is 9.54. The van der Waals surface area contributed by atoms with E-state index in [1.165, 1.54) is 12.8 Å². The minimum absolute atomic E-state index is 0.194. The molecule has 128 valence electrons. The van der Waals surface area contributed by atoms with Crippen LogP contribution in [-0.4, -0.2) is 40.3 Å². The van der Waals surface area contributed by atoms with Crippen LogP contribution in [0.1, 0.15) is 23.4 Å². The van der Waals surface area contributed by atoms with E-state index in [0.29, 0.717) is 25.5 Å². The number of carbonyl (C=O) groups is 1. The molecular formula is C18H23N3O2S. The maximum atomic E-state index is 12.7. The molecule has 0 N–H and O–H groups in total. The third kappa shape index (κ3) is 3.87. The van der Waals surface area contributed by atoms with Gasteiger partial charge >= 0.3 is 0 Å². The highest BCUT2D eigenvalue weighted by Gasteiger charge is 2.27. The lowest BCUT2D eigenvalue weighted by atomic mass is 10.1. The topological polar surface area (TPSA) is 47.4 Å². The molecule has 5 nitrogen and oxygen atoms in total. The minimum Gasteiger partial charge on any atom is -0.381 e. The number of thiophene rings is 1. The molecule has 1 amide bonds. The van der Waals surface area contributed by atoms with Gasteiger partial charge in [-0.3, -0.25) is 9.48 Å². The summed E-state index contributed by atoms with van der Waals surface area (Å²) in [4.78, 5) is 15.9. The predicted octanol–water partition coefficient (Wildman–Crippen LogP) is 2.57. The molecule has 0 aromatic carbocycles. The van der Waals surface area contributed by atoms with Crippen LogP contribution in [0.25, 0.3) is 0 Å². The Balaban J connectivity index is 1.42. The molecular weight excluding hydrogens is 322 g/mol. The van der Waals surface area contributed by atoms with Gasteiger partial charge in [0.1, 0.15) is 0 Å². The second kappa shape index (κ2) is 7.07. The summed E-state index contributed by atoms with van der Waals surface area (Å²) in [7, 11) is 0. The van der Waals surface area contributed by atoms with Gasteiger partial charge in [-0.2, -0.15) is 5.10 Å². The van der Waals surface area contributed by atoms with E-state index in [0.717, 1.165) is 36.2 Å². The summed E-state index contributed by atoms with van der Waals surface area (Å²) in [5.74, 6) is 1.27. The van der Waals surface area contributed by atoms with Gasteiger partial charge in [0.05, 0.1) is 25.3 Å². The van der Waals surface area contributed by atoms with Crippen molar-refractivity contribution in [2.24, 2.45) is 11.8 Å². The maximum Gasteiger partial charge on any atom is 0.228 e. The Morgan fingerprint density at radius 2 is 2.12 bits per heavy atom. The summed E-state index contributed by atoms with van der Waals surface area (Å²) >= 11 is 1.64. The SMILES string of the molecule is O=C(Cc1cccs1)N1Cc2ccnn2CC(COCC2CC2)C1. The molecule has 1 saturated carbocycles. The number of hydrogen-bond acceptors (Lipinski definition) is 4. The van der Waals surface area contributed by atoms with Crippen molar-refractivity contribution in [1.29, 1.82) is 0 Å². The van der Waals surface area contributed by atoms with E-state index in [1.807, 2.05) is 39.4 Å². The molecule has 0 spiro atoms. The molecule has 24 heavy (non-hydrogen) atoms. The van der Waals surface area contributed by atoms with Crippen molar-refractivity contribution in [3.63, 3.8) is 0 Å². The Hall–Kier alpha value is -1.66. The molecule has 0 bridgehead atoms. The molecule has 2 aromatic heterocycles. The Morgan fingerprint density at radius 3 is 2.92 bits per heavy atom. The first kappa shape index (κ1) is 15.8. The van der Waals surface area contributed by atoms with Crippen molar-refractivity contribution < 1.29 is 9.53 Å². The summed E-state index contributed by atoms with van der Waals surface area (Å²) in [6, 6.07) is 6.04. The Labute approximate surface area is 146 Å². The average Bonchev–Trinajstić information content (AvgIpc) is 3.13. The maximum absolute atomic E-state index is 12.7. The van der Waals surface area contributed by atoms with Gasteiger partial charge in [0, 0.05) is 36.7 Å². The van der Waals surface area contributed by atoms with E-state index in [4.69, 9.17) is 4.74 Å². The van der Waals surface area contributed by atoms with Crippen LogP contribution < -0.4 is 0 Å². The van der Waals surface area contributed by atoms with Gasteiger partial charge in [-0.1, -0.05) is 6.07 Å². The van der Waals surface area contributed by atoms with E-state index in [2.05, 4.69) is 5.10 Å². The summed E-state index contributed by atoms with van der Waals surface area (Å²) in [5.41, 5.74) is 1.11. The number of rotatable bonds is 6. The van der Waals surface area contributed by atoms with Crippen LogP contribution in [0.2, 0.25) is 0 Å². The second-order valence-corrected chi connectivity index (χ2v) is 7.91. The molecule has 1 aliphatic heterocycles. The van der Waals surface area contributed by atoms with Crippen molar-refractivity contribution in [3.8, 4) is 0 Å². The third-order valence-electron chi connectivity index (χ3n) is 4.73. The number of carbonyl (C=O) groups excluding carboxylic acids is 1. The first-order valence-electron chi connectivity index (χ1n) is 8.66. The Morgan fingerprint density at radius 1 is 1.25 bits per heavy atom. The first-order chi connectivity index (χ1) is 11.8. The van der Waals surface area contributed by atoms with Crippen LogP contribution >= 0.6 is 11.3 Å². The van der Waals surface area contributed by atoms with E-state index >= 15 is 0 Å². The van der Waals surface area contributed by atoms with E-state index in [-0.39, 0.29) is 5.91 Å². The highest BCUT2D eigenvalue weighted by atomic mass is 32.1. The van der Waals surface area contributed by atoms with Gasteiger partial charge in [0.25, 0.3) is 0 Å². The molecule has 0 saturated heterocycles. The molecule has 1 aliphatic carbocycles. The smallest absolute Gasteiger partial charge is 0.228 e. The van der Waals surface area contributed by atoms with Gasteiger partial charge in [-0.15, -0.1) is 11.3 Å². The van der Waals surface area contributed by atoms with Crippen molar-refractivity contribution in [2.75, 3.05) is 19.8 Å². The molecule has 4 rings (SSSR count). The number of ether oxygens (including phenoxy) is 1. The van der Waals surface area contributed by atoms with Gasteiger partial charge in [0.2, 0.25) is 5.91 Å². The van der Waals surface area contributed by atoms with Crippen molar-refractivity contribution in [3.05, 3.63) is 40.3 Å². The van der Waals surface area contributed by atoms with Crippen molar-refractivity contribution >= 4 is 17.2 Å². The number of hydrogen-bond donors (Lipinski definition) is 0. The lowest BCUT2D eigenvalue weighted by molar-refractivity contribution is -0.131.